The molecule has 1 atom stereocenters. The number of halogens is 2. The van der Waals surface area contributed by atoms with Crippen molar-refractivity contribution in [1.29, 1.82) is 0 Å². The lowest BCUT2D eigenvalue weighted by atomic mass is 9.85. The molecule has 0 aromatic heterocycles. The Morgan fingerprint density at radius 2 is 2.00 bits per heavy atom. The molecule has 4 nitrogen and oxygen atoms in total. The van der Waals surface area contributed by atoms with Crippen molar-refractivity contribution in [1.82, 2.24) is 5.32 Å². The lowest BCUT2D eigenvalue weighted by Crippen LogP contribution is -2.34. The third-order valence-electron chi connectivity index (χ3n) is 4.84. The Morgan fingerprint density at radius 1 is 1.30 bits per heavy atom. The van der Waals surface area contributed by atoms with E-state index in [4.69, 9.17) is 21.4 Å². The molecule has 0 radical (unpaired) electrons. The van der Waals surface area contributed by atoms with Crippen LogP contribution in [-0.4, -0.2) is 17.3 Å². The smallest absolute Gasteiger partial charge is 0.405 e. The highest BCUT2D eigenvalue weighted by atomic mass is 35.5. The van der Waals surface area contributed by atoms with Crippen LogP contribution in [-0.2, 0) is 6.42 Å². The van der Waals surface area contributed by atoms with E-state index < -0.39 is 18.0 Å². The van der Waals surface area contributed by atoms with Crippen LogP contribution in [0.2, 0.25) is 5.02 Å². The molecule has 1 amide bonds. The largest absolute Gasteiger partial charge is 0.491 e. The maximum atomic E-state index is 14.9. The summed E-state index contributed by atoms with van der Waals surface area (Å²) >= 11 is 6.39. The molecule has 0 aliphatic heterocycles. The predicted molar refractivity (Wildman–Crippen MR) is 104 cm³/mol. The van der Waals surface area contributed by atoms with Gasteiger partial charge >= 0.3 is 6.09 Å². The SMILES string of the molecule is CC(C)Oc1ccc(-c2cc3c(cc2F)[C@H](NC(=O)O)C(C)(C)C3)c(Cl)c1. The van der Waals surface area contributed by atoms with Gasteiger partial charge in [-0.2, -0.15) is 0 Å². The second-order valence-corrected chi connectivity index (χ2v) is 8.29. The molecule has 0 unspecified atom stereocenters. The fraction of sp³-hybridized carbons (Fsp3) is 0.381. The van der Waals surface area contributed by atoms with Crippen LogP contribution >= 0.6 is 11.6 Å². The molecule has 0 saturated heterocycles. The van der Waals surface area contributed by atoms with Crippen molar-refractivity contribution in [2.75, 3.05) is 0 Å². The molecular formula is C21H23ClFNO3. The molecule has 2 aromatic rings. The second kappa shape index (κ2) is 7.04. The molecule has 1 aliphatic rings. The summed E-state index contributed by atoms with van der Waals surface area (Å²) in [6.45, 7) is 7.78. The maximum absolute atomic E-state index is 14.9. The number of hydrogen-bond donors (Lipinski definition) is 2. The van der Waals surface area contributed by atoms with Gasteiger partial charge in [0.15, 0.2) is 0 Å². The van der Waals surface area contributed by atoms with Gasteiger partial charge in [0.1, 0.15) is 11.6 Å². The zero-order chi connectivity index (χ0) is 19.9. The van der Waals surface area contributed by atoms with Crippen LogP contribution in [0.15, 0.2) is 30.3 Å². The number of hydrogen-bond acceptors (Lipinski definition) is 2. The van der Waals surface area contributed by atoms with Gasteiger partial charge in [-0.25, -0.2) is 9.18 Å². The van der Waals surface area contributed by atoms with Crippen LogP contribution in [0, 0.1) is 11.2 Å². The summed E-state index contributed by atoms with van der Waals surface area (Å²) in [6, 6.07) is 7.95. The van der Waals surface area contributed by atoms with Crippen molar-refractivity contribution < 1.29 is 19.0 Å². The first-order chi connectivity index (χ1) is 12.6. The molecule has 1 aliphatic carbocycles. The standard InChI is InChI=1S/C21H23ClFNO3/c1-11(2)27-13-5-6-14(17(22)8-13)16-7-12-10-21(3,4)19(24-20(25)26)15(12)9-18(16)23/h5-9,11,19,24H,10H2,1-4H3,(H,25,26)/t19-/m0/s1. The van der Waals surface area contributed by atoms with Crippen LogP contribution in [0.4, 0.5) is 9.18 Å². The van der Waals surface area contributed by atoms with E-state index >= 15 is 0 Å². The highest BCUT2D eigenvalue weighted by Gasteiger charge is 2.40. The van der Waals surface area contributed by atoms with Crippen molar-refractivity contribution in [2.24, 2.45) is 5.41 Å². The summed E-state index contributed by atoms with van der Waals surface area (Å²) in [5, 5.41) is 12.1. The number of rotatable bonds is 4. The van der Waals surface area contributed by atoms with Crippen LogP contribution in [0.3, 0.4) is 0 Å². The van der Waals surface area contributed by atoms with E-state index in [2.05, 4.69) is 5.32 Å². The van der Waals surface area contributed by atoms with Gasteiger partial charge in [-0.1, -0.05) is 25.4 Å². The van der Waals surface area contributed by atoms with E-state index in [1.165, 1.54) is 6.07 Å². The van der Waals surface area contributed by atoms with Gasteiger partial charge < -0.3 is 15.2 Å². The summed E-state index contributed by atoms with van der Waals surface area (Å²) in [5.41, 5.74) is 2.25. The van der Waals surface area contributed by atoms with Crippen LogP contribution in [0.5, 0.6) is 5.75 Å². The Morgan fingerprint density at radius 3 is 2.59 bits per heavy atom. The number of ether oxygens (including phenoxy) is 1. The van der Waals surface area contributed by atoms with Gasteiger partial charge in [0, 0.05) is 11.1 Å². The molecule has 2 aromatic carbocycles. The number of fused-ring (bicyclic) bond motifs is 1. The number of benzene rings is 2. The molecule has 0 bridgehead atoms. The van der Waals surface area contributed by atoms with Gasteiger partial charge in [0.2, 0.25) is 0 Å². The van der Waals surface area contributed by atoms with Crippen molar-refractivity contribution in [2.45, 2.75) is 46.3 Å². The minimum absolute atomic E-state index is 0.0181. The first-order valence-electron chi connectivity index (χ1n) is 8.87. The first-order valence-corrected chi connectivity index (χ1v) is 9.24. The van der Waals surface area contributed by atoms with E-state index in [0.717, 1.165) is 5.56 Å². The third-order valence-corrected chi connectivity index (χ3v) is 5.15. The molecule has 6 heteroatoms. The fourth-order valence-corrected chi connectivity index (χ4v) is 4.00. The normalized spacial score (nSPS) is 17.7. The Kier molecular flexibility index (Phi) is 5.08. The van der Waals surface area contributed by atoms with Crippen LogP contribution < -0.4 is 10.1 Å². The minimum atomic E-state index is -1.12. The average Bonchev–Trinajstić information content (AvgIpc) is 2.76. The third kappa shape index (κ3) is 3.88. The van der Waals surface area contributed by atoms with Crippen molar-refractivity contribution in [3.63, 3.8) is 0 Å². The number of carbonyl (C=O) groups is 1. The summed E-state index contributed by atoms with van der Waals surface area (Å²) in [7, 11) is 0. The van der Waals surface area contributed by atoms with Crippen molar-refractivity contribution >= 4 is 17.7 Å². The molecular weight excluding hydrogens is 369 g/mol. The van der Waals surface area contributed by atoms with Crippen molar-refractivity contribution in [3.8, 4) is 16.9 Å². The van der Waals surface area contributed by atoms with Crippen LogP contribution in [0.1, 0.15) is 44.9 Å². The Hall–Kier alpha value is -2.27. The lowest BCUT2D eigenvalue weighted by Gasteiger charge is -2.27. The van der Waals surface area contributed by atoms with Gasteiger partial charge in [-0.3, -0.25) is 0 Å². The average molecular weight is 392 g/mol. The molecule has 2 N–H and O–H groups in total. The van der Waals surface area contributed by atoms with E-state index in [1.54, 1.807) is 24.3 Å². The van der Waals surface area contributed by atoms with Gasteiger partial charge in [0.05, 0.1) is 17.2 Å². The predicted octanol–water partition coefficient (Wildman–Crippen LogP) is 5.82. The summed E-state index contributed by atoms with van der Waals surface area (Å²) < 4.78 is 20.5. The number of amides is 1. The lowest BCUT2D eigenvalue weighted by molar-refractivity contribution is 0.175. The first kappa shape index (κ1) is 19.5. The van der Waals surface area contributed by atoms with E-state index in [1.807, 2.05) is 27.7 Å². The fourth-order valence-electron chi connectivity index (χ4n) is 3.73. The number of nitrogens with one attached hydrogen (secondary N) is 1. The summed E-state index contributed by atoms with van der Waals surface area (Å²) in [5.74, 6) is 0.204. The van der Waals surface area contributed by atoms with Gasteiger partial charge in [-0.15, -0.1) is 0 Å². The van der Waals surface area contributed by atoms with Gasteiger partial charge in [0.25, 0.3) is 0 Å². The molecule has 0 heterocycles. The van der Waals surface area contributed by atoms with E-state index in [0.29, 0.717) is 33.9 Å². The summed E-state index contributed by atoms with van der Waals surface area (Å²) in [6.07, 6.45) is -0.453. The second-order valence-electron chi connectivity index (χ2n) is 7.89. The Balaban J connectivity index is 2.02. The van der Waals surface area contributed by atoms with E-state index in [9.17, 15) is 9.18 Å². The zero-order valence-electron chi connectivity index (χ0n) is 15.8. The van der Waals surface area contributed by atoms with E-state index in [-0.39, 0.29) is 11.5 Å². The molecule has 144 valence electrons. The number of carboxylic acid groups (broad SMARTS) is 1. The van der Waals surface area contributed by atoms with Gasteiger partial charge in [-0.05, 0) is 67.1 Å². The molecule has 3 rings (SSSR count). The monoisotopic (exact) mass is 391 g/mol. The molecule has 0 saturated carbocycles. The highest BCUT2D eigenvalue weighted by molar-refractivity contribution is 6.33. The Labute approximate surface area is 163 Å². The van der Waals surface area contributed by atoms with Crippen LogP contribution in [0.25, 0.3) is 11.1 Å². The topological polar surface area (TPSA) is 58.6 Å². The molecule has 27 heavy (non-hydrogen) atoms. The molecule has 0 fully saturated rings. The minimum Gasteiger partial charge on any atom is -0.491 e. The highest BCUT2D eigenvalue weighted by Crippen LogP contribution is 2.47. The summed E-state index contributed by atoms with van der Waals surface area (Å²) in [4.78, 5) is 11.1. The Bertz CT molecular complexity index is 895. The zero-order valence-corrected chi connectivity index (χ0v) is 16.5. The quantitative estimate of drug-likeness (QED) is 0.689. The molecule has 0 spiro atoms. The maximum Gasteiger partial charge on any atom is 0.405 e. The van der Waals surface area contributed by atoms with Crippen molar-refractivity contribution in [3.05, 3.63) is 52.3 Å².